The van der Waals surface area contributed by atoms with Crippen LogP contribution in [0.15, 0.2) is 61.3 Å². The Labute approximate surface area is 214 Å². The van der Waals surface area contributed by atoms with Gasteiger partial charge in [-0.1, -0.05) is 24.8 Å². The number of ether oxygens (including phenoxy) is 2. The summed E-state index contributed by atoms with van der Waals surface area (Å²) in [5.41, 5.74) is 11.6. The largest absolute Gasteiger partial charge is 0.493 e. The van der Waals surface area contributed by atoms with E-state index in [0.29, 0.717) is 39.5 Å². The number of pyridine rings is 1. The van der Waals surface area contributed by atoms with Crippen LogP contribution in [-0.4, -0.2) is 28.7 Å². The minimum absolute atomic E-state index is 0.214. The number of hydrogen-bond donors (Lipinski definition) is 2. The summed E-state index contributed by atoms with van der Waals surface area (Å²) in [6, 6.07) is 15.5. The number of aromatic nitrogens is 2. The lowest BCUT2D eigenvalue weighted by atomic mass is 9.95. The van der Waals surface area contributed by atoms with E-state index in [1.807, 2.05) is 54.1 Å². The molecule has 2 aromatic heterocycles. The molecule has 0 radical (unpaired) electrons. The van der Waals surface area contributed by atoms with Gasteiger partial charge in [0.1, 0.15) is 11.9 Å². The topological polar surface area (TPSA) is 115 Å². The molecule has 8 nitrogen and oxygen atoms in total. The van der Waals surface area contributed by atoms with Gasteiger partial charge in [0.25, 0.3) is 0 Å². The molecule has 1 aliphatic carbocycles. The van der Waals surface area contributed by atoms with E-state index < -0.39 is 0 Å². The number of amides is 1. The van der Waals surface area contributed by atoms with Crippen molar-refractivity contribution in [3.8, 4) is 40.0 Å². The predicted molar refractivity (Wildman–Crippen MR) is 144 cm³/mol. The molecule has 0 saturated heterocycles. The number of nitrogen functional groups attached to an aromatic ring is 1. The normalized spacial score (nSPS) is 13.0. The highest BCUT2D eigenvalue weighted by Crippen LogP contribution is 2.45. The van der Waals surface area contributed by atoms with Crippen LogP contribution in [0.4, 0.5) is 11.5 Å². The molecule has 2 heterocycles. The summed E-state index contributed by atoms with van der Waals surface area (Å²) < 4.78 is 13.8. The molecule has 1 saturated carbocycles. The van der Waals surface area contributed by atoms with Crippen LogP contribution in [0, 0.1) is 11.3 Å². The lowest BCUT2D eigenvalue weighted by Crippen LogP contribution is -2.24. The fourth-order valence-electron chi connectivity index (χ4n) is 4.70. The number of aryl methyl sites for hydroxylation is 1. The number of hydrogen-bond acceptors (Lipinski definition) is 6. The molecular weight excluding hydrogens is 466 g/mol. The number of fused-ring (bicyclic) bond motifs is 1. The van der Waals surface area contributed by atoms with Crippen LogP contribution in [0.3, 0.4) is 0 Å². The summed E-state index contributed by atoms with van der Waals surface area (Å²) in [6.07, 6.45) is 6.19. The van der Waals surface area contributed by atoms with Gasteiger partial charge in [0.2, 0.25) is 5.91 Å². The van der Waals surface area contributed by atoms with Crippen molar-refractivity contribution in [1.29, 1.82) is 5.26 Å². The molecule has 0 bridgehead atoms. The Morgan fingerprint density at radius 2 is 1.95 bits per heavy atom. The Kier molecular flexibility index (Phi) is 6.28. The fraction of sp³-hybridized carbons (Fsp3) is 0.207. The van der Waals surface area contributed by atoms with Gasteiger partial charge in [-0.3, -0.25) is 4.79 Å². The smallest absolute Gasteiger partial charge is 0.247 e. The maximum atomic E-state index is 11.7. The van der Waals surface area contributed by atoms with Crippen molar-refractivity contribution in [3.63, 3.8) is 0 Å². The number of methoxy groups -OCH3 is 1. The molecule has 1 amide bonds. The second-order valence-electron chi connectivity index (χ2n) is 8.98. The minimum atomic E-state index is -0.285. The number of anilines is 2. The third kappa shape index (κ3) is 4.25. The highest BCUT2D eigenvalue weighted by molar-refractivity contribution is 6.11. The number of benzene rings is 2. The Balaban J connectivity index is 1.72. The van der Waals surface area contributed by atoms with Gasteiger partial charge in [0.05, 0.1) is 35.4 Å². The van der Waals surface area contributed by atoms with Gasteiger partial charge in [-0.25, -0.2) is 4.98 Å². The molecule has 3 N–H and O–H groups in total. The van der Waals surface area contributed by atoms with Crippen molar-refractivity contribution in [2.24, 2.45) is 7.05 Å². The summed E-state index contributed by atoms with van der Waals surface area (Å²) in [7, 11) is 3.52. The summed E-state index contributed by atoms with van der Waals surface area (Å²) in [5.74, 6) is 1.36. The second-order valence-corrected chi connectivity index (χ2v) is 8.98. The van der Waals surface area contributed by atoms with Crippen LogP contribution >= 0.6 is 0 Å². The maximum Gasteiger partial charge on any atom is 0.247 e. The van der Waals surface area contributed by atoms with Crippen molar-refractivity contribution in [3.05, 3.63) is 66.9 Å². The molecule has 0 spiro atoms. The number of rotatable bonds is 7. The number of nitrogens with two attached hydrogens (primary N) is 1. The van der Waals surface area contributed by atoms with Crippen LogP contribution in [0.1, 0.15) is 24.8 Å². The Bertz CT molecular complexity index is 1560. The van der Waals surface area contributed by atoms with Gasteiger partial charge in [-0.05, 0) is 60.7 Å². The molecular formula is C29H27N5O3. The summed E-state index contributed by atoms with van der Waals surface area (Å²) >= 11 is 0. The molecule has 37 heavy (non-hydrogen) atoms. The molecule has 186 valence electrons. The summed E-state index contributed by atoms with van der Waals surface area (Å²) in [6.45, 7) is 3.49. The third-order valence-corrected chi connectivity index (χ3v) is 6.77. The average Bonchev–Trinajstić information content (AvgIpc) is 3.20. The average molecular weight is 494 g/mol. The lowest BCUT2D eigenvalue weighted by molar-refractivity contribution is -0.111. The SMILES string of the molecule is C=CC(=O)Nc1ccc(-c2c(-c3ccc(OC4CCC4)c(OC)c3)c3c(N)ncc(C#N)c3n2C)cc1. The Morgan fingerprint density at radius 3 is 2.57 bits per heavy atom. The van der Waals surface area contributed by atoms with Crippen LogP contribution in [0.2, 0.25) is 0 Å². The lowest BCUT2D eigenvalue weighted by Gasteiger charge is -2.27. The number of carbonyl (C=O) groups excluding carboxylic acids is 1. The van der Waals surface area contributed by atoms with E-state index in [4.69, 9.17) is 15.2 Å². The predicted octanol–water partition coefficient (Wildman–Crippen LogP) is 5.43. The second kappa shape index (κ2) is 9.70. The first-order valence-corrected chi connectivity index (χ1v) is 12.0. The standard InChI is InChI=1S/C29H27N5O3/c1-4-24(35)33-20-11-8-17(9-12-20)27-25(26-28(34(27)2)19(15-30)16-32-29(26)31)18-10-13-22(23(14-18)36-3)37-21-6-5-7-21/h4,8-14,16,21H,1,5-7H2,2-3H3,(H2,31,32)(H,33,35). The fourth-order valence-corrected chi connectivity index (χ4v) is 4.70. The van der Waals surface area contributed by atoms with Crippen LogP contribution in [0.25, 0.3) is 33.3 Å². The first kappa shape index (κ1) is 23.9. The molecule has 8 heteroatoms. The van der Waals surface area contributed by atoms with Crippen LogP contribution in [-0.2, 0) is 11.8 Å². The molecule has 0 aliphatic heterocycles. The molecule has 0 atom stereocenters. The molecule has 0 unspecified atom stereocenters. The van der Waals surface area contributed by atoms with Gasteiger partial charge in [-0.2, -0.15) is 5.26 Å². The first-order valence-electron chi connectivity index (χ1n) is 12.0. The van der Waals surface area contributed by atoms with Crippen molar-refractivity contribution < 1.29 is 14.3 Å². The zero-order valence-corrected chi connectivity index (χ0v) is 20.7. The van der Waals surface area contributed by atoms with Crippen LogP contribution < -0.4 is 20.5 Å². The summed E-state index contributed by atoms with van der Waals surface area (Å²) in [4.78, 5) is 16.0. The highest BCUT2D eigenvalue weighted by Gasteiger charge is 2.25. The van der Waals surface area contributed by atoms with Gasteiger partial charge < -0.3 is 25.1 Å². The van der Waals surface area contributed by atoms with Gasteiger partial charge >= 0.3 is 0 Å². The van der Waals surface area contributed by atoms with E-state index in [-0.39, 0.29) is 12.0 Å². The quantitative estimate of drug-likeness (QED) is 0.332. The number of nitrogens with one attached hydrogen (secondary N) is 1. The van der Waals surface area contributed by atoms with E-state index >= 15 is 0 Å². The van der Waals surface area contributed by atoms with Crippen LogP contribution in [0.5, 0.6) is 11.5 Å². The maximum absolute atomic E-state index is 11.7. The van der Waals surface area contributed by atoms with E-state index in [1.165, 1.54) is 18.7 Å². The Morgan fingerprint density at radius 1 is 1.22 bits per heavy atom. The third-order valence-electron chi connectivity index (χ3n) is 6.77. The molecule has 4 aromatic rings. The van der Waals surface area contributed by atoms with Crippen molar-refractivity contribution in [2.75, 3.05) is 18.2 Å². The zero-order chi connectivity index (χ0) is 26.1. The number of nitrogens with zero attached hydrogens (tertiary/aromatic N) is 3. The Hall–Kier alpha value is -4.77. The summed E-state index contributed by atoms with van der Waals surface area (Å²) in [5, 5.41) is 13.3. The molecule has 1 aliphatic rings. The molecule has 2 aromatic carbocycles. The number of nitriles is 1. The van der Waals surface area contributed by atoms with Gasteiger partial charge in [0.15, 0.2) is 11.5 Å². The molecule has 1 fully saturated rings. The first-order chi connectivity index (χ1) is 17.9. The molecule has 5 rings (SSSR count). The number of carbonyl (C=O) groups is 1. The minimum Gasteiger partial charge on any atom is -0.493 e. The van der Waals surface area contributed by atoms with E-state index in [2.05, 4.69) is 22.9 Å². The van der Waals surface area contributed by atoms with Crippen molar-refractivity contribution in [1.82, 2.24) is 9.55 Å². The zero-order valence-electron chi connectivity index (χ0n) is 20.7. The van der Waals surface area contributed by atoms with Crippen molar-refractivity contribution in [2.45, 2.75) is 25.4 Å². The monoisotopic (exact) mass is 493 g/mol. The van der Waals surface area contributed by atoms with Crippen molar-refractivity contribution >= 4 is 28.3 Å². The van der Waals surface area contributed by atoms with E-state index in [9.17, 15) is 10.1 Å². The van der Waals surface area contributed by atoms with E-state index in [0.717, 1.165) is 35.2 Å². The van der Waals surface area contributed by atoms with Gasteiger partial charge in [0, 0.05) is 24.5 Å². The highest BCUT2D eigenvalue weighted by atomic mass is 16.5. The van der Waals surface area contributed by atoms with E-state index in [1.54, 1.807) is 7.11 Å². The van der Waals surface area contributed by atoms with Gasteiger partial charge in [-0.15, -0.1) is 0 Å².